The van der Waals surface area contributed by atoms with Crippen LogP contribution in [-0.2, 0) is 7.05 Å². The van der Waals surface area contributed by atoms with E-state index in [4.69, 9.17) is 5.73 Å². The summed E-state index contributed by atoms with van der Waals surface area (Å²) in [7, 11) is 1.83. The molecule has 0 aliphatic heterocycles. The van der Waals surface area contributed by atoms with Gasteiger partial charge in [-0.15, -0.1) is 12.4 Å². The Morgan fingerprint density at radius 3 is 2.35 bits per heavy atom. The average Bonchev–Trinajstić information content (AvgIpc) is 2.40. The molecule has 5 nitrogen and oxygen atoms in total. The zero-order chi connectivity index (χ0) is 12.5. The van der Waals surface area contributed by atoms with Crippen LogP contribution in [0.15, 0.2) is 0 Å². The van der Waals surface area contributed by atoms with Gasteiger partial charge in [-0.05, 0) is 27.7 Å². The maximum Gasteiger partial charge on any atom is 0.255 e. The Balaban J connectivity index is 0.00000256. The van der Waals surface area contributed by atoms with Crippen LogP contribution in [-0.4, -0.2) is 27.8 Å². The summed E-state index contributed by atoms with van der Waals surface area (Å²) in [5.41, 5.74) is 7.43. The van der Waals surface area contributed by atoms with Gasteiger partial charge >= 0.3 is 0 Å². The van der Waals surface area contributed by atoms with Crippen LogP contribution in [0.1, 0.15) is 35.6 Å². The van der Waals surface area contributed by atoms with Crippen molar-refractivity contribution < 1.29 is 4.79 Å². The van der Waals surface area contributed by atoms with Crippen molar-refractivity contribution in [2.24, 2.45) is 12.8 Å². The van der Waals surface area contributed by atoms with E-state index in [0.717, 1.165) is 11.4 Å². The van der Waals surface area contributed by atoms with E-state index >= 15 is 0 Å². The van der Waals surface area contributed by atoms with Crippen LogP contribution in [0.25, 0.3) is 0 Å². The highest BCUT2D eigenvalue weighted by molar-refractivity contribution is 5.96. The molecule has 0 saturated heterocycles. The number of hydrogen-bond acceptors (Lipinski definition) is 3. The predicted molar refractivity (Wildman–Crippen MR) is 70.5 cm³/mol. The third-order valence-electron chi connectivity index (χ3n) is 2.70. The molecule has 0 aliphatic carbocycles. The number of halogens is 1. The van der Waals surface area contributed by atoms with Crippen LogP contribution in [0, 0.1) is 13.8 Å². The number of nitrogens with two attached hydrogens (primary N) is 1. The molecule has 1 aromatic heterocycles. The van der Waals surface area contributed by atoms with Crippen molar-refractivity contribution in [2.75, 3.05) is 6.54 Å². The first-order valence-corrected chi connectivity index (χ1v) is 5.31. The van der Waals surface area contributed by atoms with E-state index in [2.05, 4.69) is 10.4 Å². The molecular formula is C11H21ClN4O. The Morgan fingerprint density at radius 1 is 1.47 bits per heavy atom. The normalized spacial score (nSPS) is 10.9. The summed E-state index contributed by atoms with van der Waals surface area (Å²) in [5.74, 6) is -0.112. The molecule has 0 aliphatic rings. The van der Waals surface area contributed by atoms with E-state index in [1.165, 1.54) is 0 Å². The first kappa shape index (κ1) is 15.9. The highest BCUT2D eigenvalue weighted by Crippen LogP contribution is 2.13. The fraction of sp³-hybridized carbons (Fsp3) is 0.636. The van der Waals surface area contributed by atoms with Gasteiger partial charge in [0, 0.05) is 24.8 Å². The largest absolute Gasteiger partial charge is 0.346 e. The summed E-state index contributed by atoms with van der Waals surface area (Å²) in [4.78, 5) is 12.1. The second kappa shape index (κ2) is 5.51. The van der Waals surface area contributed by atoms with Gasteiger partial charge in [0.1, 0.15) is 0 Å². The SMILES string of the molecule is Cc1nn(C)c(C)c1C(=O)NC(C)(C)CN.Cl. The predicted octanol–water partition coefficient (Wildman–Crippen LogP) is 0.926. The van der Waals surface area contributed by atoms with Gasteiger partial charge in [-0.25, -0.2) is 0 Å². The van der Waals surface area contributed by atoms with Crippen LogP contribution in [0.4, 0.5) is 0 Å². The van der Waals surface area contributed by atoms with Gasteiger partial charge in [0.25, 0.3) is 5.91 Å². The Labute approximate surface area is 108 Å². The molecule has 0 fully saturated rings. The summed E-state index contributed by atoms with van der Waals surface area (Å²) in [6.07, 6.45) is 0. The molecule has 0 atom stereocenters. The second-order valence-electron chi connectivity index (χ2n) is 4.71. The minimum Gasteiger partial charge on any atom is -0.346 e. The molecule has 1 amide bonds. The van der Waals surface area contributed by atoms with Gasteiger partial charge in [0.05, 0.1) is 11.3 Å². The Hall–Kier alpha value is -1.07. The van der Waals surface area contributed by atoms with Crippen LogP contribution in [0.2, 0.25) is 0 Å². The standard InChI is InChI=1S/C11H20N4O.ClH/c1-7-9(8(2)15(5)14-7)10(16)13-11(3,4)6-12;/h6,12H2,1-5H3,(H,13,16);1H. The van der Waals surface area contributed by atoms with Gasteiger partial charge in [0.2, 0.25) is 0 Å². The monoisotopic (exact) mass is 260 g/mol. The molecule has 6 heteroatoms. The molecule has 0 spiro atoms. The number of hydrogen-bond donors (Lipinski definition) is 2. The number of nitrogens with one attached hydrogen (secondary N) is 1. The summed E-state index contributed by atoms with van der Waals surface area (Å²) < 4.78 is 1.71. The third-order valence-corrected chi connectivity index (χ3v) is 2.70. The number of aryl methyl sites for hydroxylation is 2. The van der Waals surface area contributed by atoms with Gasteiger partial charge in [0.15, 0.2) is 0 Å². The van der Waals surface area contributed by atoms with Crippen molar-refractivity contribution in [3.05, 3.63) is 17.0 Å². The topological polar surface area (TPSA) is 72.9 Å². The summed E-state index contributed by atoms with van der Waals surface area (Å²) >= 11 is 0. The first-order valence-electron chi connectivity index (χ1n) is 5.31. The van der Waals surface area contributed by atoms with Crippen molar-refractivity contribution in [3.63, 3.8) is 0 Å². The van der Waals surface area contributed by atoms with Gasteiger partial charge < -0.3 is 11.1 Å². The smallest absolute Gasteiger partial charge is 0.255 e. The molecule has 98 valence electrons. The van der Waals surface area contributed by atoms with E-state index in [-0.39, 0.29) is 18.3 Å². The lowest BCUT2D eigenvalue weighted by Gasteiger charge is -2.24. The van der Waals surface area contributed by atoms with Crippen molar-refractivity contribution in [2.45, 2.75) is 33.2 Å². The van der Waals surface area contributed by atoms with Gasteiger partial charge in [-0.2, -0.15) is 5.10 Å². The maximum absolute atomic E-state index is 12.1. The van der Waals surface area contributed by atoms with E-state index in [9.17, 15) is 4.79 Å². The molecule has 0 unspecified atom stereocenters. The van der Waals surface area contributed by atoms with Crippen LogP contribution >= 0.6 is 12.4 Å². The van der Waals surface area contributed by atoms with E-state index < -0.39 is 5.54 Å². The third kappa shape index (κ3) is 3.44. The molecule has 1 rings (SSSR count). The first-order chi connectivity index (χ1) is 7.28. The average molecular weight is 261 g/mol. The number of carbonyl (C=O) groups excluding carboxylic acids is 1. The lowest BCUT2D eigenvalue weighted by Crippen LogP contribution is -2.49. The Kier molecular flexibility index (Phi) is 5.16. The lowest BCUT2D eigenvalue weighted by atomic mass is 10.0. The van der Waals surface area contributed by atoms with E-state index in [1.807, 2.05) is 34.7 Å². The fourth-order valence-electron chi connectivity index (χ4n) is 1.52. The molecule has 0 bridgehead atoms. The quantitative estimate of drug-likeness (QED) is 0.849. The molecule has 3 N–H and O–H groups in total. The zero-order valence-corrected chi connectivity index (χ0v) is 11.8. The minimum atomic E-state index is -0.397. The van der Waals surface area contributed by atoms with Crippen molar-refractivity contribution >= 4 is 18.3 Å². The summed E-state index contributed by atoms with van der Waals surface area (Å²) in [6, 6.07) is 0. The van der Waals surface area contributed by atoms with Crippen molar-refractivity contribution in [1.29, 1.82) is 0 Å². The molecule has 0 radical (unpaired) electrons. The summed E-state index contributed by atoms with van der Waals surface area (Å²) in [6.45, 7) is 7.90. The lowest BCUT2D eigenvalue weighted by molar-refractivity contribution is 0.0914. The summed E-state index contributed by atoms with van der Waals surface area (Å²) in [5, 5.41) is 7.11. The van der Waals surface area contributed by atoms with E-state index in [0.29, 0.717) is 12.1 Å². The highest BCUT2D eigenvalue weighted by Gasteiger charge is 2.23. The van der Waals surface area contributed by atoms with Crippen molar-refractivity contribution in [3.8, 4) is 0 Å². The molecular weight excluding hydrogens is 240 g/mol. The van der Waals surface area contributed by atoms with Crippen LogP contribution in [0.3, 0.4) is 0 Å². The van der Waals surface area contributed by atoms with Crippen LogP contribution in [0.5, 0.6) is 0 Å². The maximum atomic E-state index is 12.1. The van der Waals surface area contributed by atoms with Crippen LogP contribution < -0.4 is 11.1 Å². The zero-order valence-electron chi connectivity index (χ0n) is 11.0. The molecule has 0 aromatic carbocycles. The number of carbonyl (C=O) groups is 1. The molecule has 1 aromatic rings. The molecule has 1 heterocycles. The number of rotatable bonds is 3. The molecule has 17 heavy (non-hydrogen) atoms. The number of aromatic nitrogens is 2. The fourth-order valence-corrected chi connectivity index (χ4v) is 1.52. The molecule has 0 saturated carbocycles. The van der Waals surface area contributed by atoms with Gasteiger partial charge in [-0.1, -0.05) is 0 Å². The van der Waals surface area contributed by atoms with Gasteiger partial charge in [-0.3, -0.25) is 9.48 Å². The number of nitrogens with zero attached hydrogens (tertiary/aromatic N) is 2. The second-order valence-corrected chi connectivity index (χ2v) is 4.71. The van der Waals surface area contributed by atoms with Crippen molar-refractivity contribution in [1.82, 2.24) is 15.1 Å². The highest BCUT2D eigenvalue weighted by atomic mass is 35.5. The van der Waals surface area contributed by atoms with E-state index in [1.54, 1.807) is 4.68 Å². The Bertz CT molecular complexity index is 412. The minimum absolute atomic E-state index is 0. The Morgan fingerprint density at radius 2 is 2.00 bits per heavy atom. The number of amides is 1.